The molecule has 0 bridgehead atoms. The highest BCUT2D eigenvalue weighted by atomic mass is 79.9. The van der Waals surface area contributed by atoms with Crippen molar-refractivity contribution >= 4 is 15.9 Å². The van der Waals surface area contributed by atoms with Crippen molar-refractivity contribution < 1.29 is 0 Å². The van der Waals surface area contributed by atoms with Gasteiger partial charge < -0.3 is 5.32 Å². The van der Waals surface area contributed by atoms with Gasteiger partial charge in [-0.2, -0.15) is 0 Å². The van der Waals surface area contributed by atoms with Crippen molar-refractivity contribution in [3.63, 3.8) is 0 Å². The van der Waals surface area contributed by atoms with Crippen LogP contribution in [0, 0.1) is 0 Å². The molecule has 0 aromatic carbocycles. The average molecular weight is 243 g/mol. The summed E-state index contributed by atoms with van der Waals surface area (Å²) < 4.78 is 0.904. The molecule has 1 atom stereocenters. The Bertz CT molecular complexity index is 263. The van der Waals surface area contributed by atoms with Gasteiger partial charge in [0.1, 0.15) is 4.60 Å². The van der Waals surface area contributed by atoms with Gasteiger partial charge in [-0.3, -0.25) is 0 Å². The molecule has 1 N–H and O–H groups in total. The fourth-order valence-electron chi connectivity index (χ4n) is 1.35. The Morgan fingerprint density at radius 1 is 1.54 bits per heavy atom. The van der Waals surface area contributed by atoms with Gasteiger partial charge in [-0.1, -0.05) is 19.4 Å². The lowest BCUT2D eigenvalue weighted by atomic mass is 10.1. The fraction of sp³-hybridized carbons (Fsp3) is 0.500. The molecular formula is C10H15BrN2. The van der Waals surface area contributed by atoms with Crippen molar-refractivity contribution in [3.8, 4) is 0 Å². The smallest absolute Gasteiger partial charge is 0.106 e. The summed E-state index contributed by atoms with van der Waals surface area (Å²) in [5.41, 5.74) is 1.11. The zero-order valence-corrected chi connectivity index (χ0v) is 9.63. The van der Waals surface area contributed by atoms with Crippen molar-refractivity contribution in [1.29, 1.82) is 0 Å². The van der Waals surface area contributed by atoms with E-state index in [9.17, 15) is 0 Å². The maximum absolute atomic E-state index is 4.42. The minimum absolute atomic E-state index is 0.377. The molecule has 3 heteroatoms. The first-order valence-electron chi connectivity index (χ1n) is 4.57. The maximum atomic E-state index is 4.42. The van der Waals surface area contributed by atoms with Gasteiger partial charge in [-0.25, -0.2) is 4.98 Å². The van der Waals surface area contributed by atoms with E-state index in [0.29, 0.717) is 6.04 Å². The Morgan fingerprint density at radius 3 is 2.85 bits per heavy atom. The van der Waals surface area contributed by atoms with Crippen LogP contribution in [0.25, 0.3) is 0 Å². The lowest BCUT2D eigenvalue weighted by Gasteiger charge is -2.14. The summed E-state index contributed by atoms with van der Waals surface area (Å²) in [7, 11) is 1.98. The van der Waals surface area contributed by atoms with Crippen LogP contribution in [0.15, 0.2) is 22.8 Å². The first-order chi connectivity index (χ1) is 6.27. The number of nitrogens with zero attached hydrogens (tertiary/aromatic N) is 1. The van der Waals surface area contributed by atoms with Crippen LogP contribution in [-0.2, 0) is 0 Å². The van der Waals surface area contributed by atoms with E-state index < -0.39 is 0 Å². The zero-order chi connectivity index (χ0) is 9.68. The maximum Gasteiger partial charge on any atom is 0.106 e. The van der Waals surface area contributed by atoms with E-state index in [4.69, 9.17) is 0 Å². The Morgan fingerprint density at radius 2 is 2.31 bits per heavy atom. The van der Waals surface area contributed by atoms with Gasteiger partial charge in [0, 0.05) is 6.04 Å². The zero-order valence-electron chi connectivity index (χ0n) is 8.05. The molecule has 0 fully saturated rings. The van der Waals surface area contributed by atoms with Crippen molar-refractivity contribution in [3.05, 3.63) is 28.5 Å². The first-order valence-corrected chi connectivity index (χ1v) is 5.37. The molecule has 0 radical (unpaired) electrons. The molecule has 1 aromatic heterocycles. The standard InChI is InChI=1S/C10H15BrN2/c1-3-5-8(12-2)9-6-4-7-10(11)13-9/h4,6-8,12H,3,5H2,1-2H3/t8-/m0/s1. The summed E-state index contributed by atoms with van der Waals surface area (Å²) in [6.45, 7) is 2.18. The van der Waals surface area contributed by atoms with Gasteiger partial charge in [0.25, 0.3) is 0 Å². The van der Waals surface area contributed by atoms with E-state index >= 15 is 0 Å². The third kappa shape index (κ3) is 3.08. The topological polar surface area (TPSA) is 24.9 Å². The lowest BCUT2D eigenvalue weighted by Crippen LogP contribution is -2.17. The summed E-state index contributed by atoms with van der Waals surface area (Å²) in [6, 6.07) is 6.40. The van der Waals surface area contributed by atoms with Crippen LogP contribution in [0.5, 0.6) is 0 Å². The predicted octanol–water partition coefficient (Wildman–Crippen LogP) is 2.90. The van der Waals surface area contributed by atoms with E-state index in [-0.39, 0.29) is 0 Å². The molecule has 72 valence electrons. The lowest BCUT2D eigenvalue weighted by molar-refractivity contribution is 0.528. The van der Waals surface area contributed by atoms with Gasteiger partial charge in [0.2, 0.25) is 0 Å². The quantitative estimate of drug-likeness (QED) is 0.822. The number of pyridine rings is 1. The van der Waals surface area contributed by atoms with Crippen LogP contribution in [-0.4, -0.2) is 12.0 Å². The van der Waals surface area contributed by atoms with E-state index in [1.165, 1.54) is 6.42 Å². The van der Waals surface area contributed by atoms with Gasteiger partial charge >= 0.3 is 0 Å². The molecule has 1 rings (SSSR count). The minimum Gasteiger partial charge on any atom is -0.312 e. The number of halogens is 1. The monoisotopic (exact) mass is 242 g/mol. The predicted molar refractivity (Wildman–Crippen MR) is 58.6 cm³/mol. The second-order valence-corrected chi connectivity index (χ2v) is 3.83. The van der Waals surface area contributed by atoms with Crippen LogP contribution in [0.4, 0.5) is 0 Å². The highest BCUT2D eigenvalue weighted by Gasteiger charge is 2.08. The first kappa shape index (κ1) is 10.7. The Balaban J connectivity index is 2.78. The van der Waals surface area contributed by atoms with E-state index in [1.807, 2.05) is 19.2 Å². The summed E-state index contributed by atoms with van der Waals surface area (Å²) >= 11 is 3.37. The fourth-order valence-corrected chi connectivity index (χ4v) is 1.70. The van der Waals surface area contributed by atoms with Gasteiger partial charge in [0.15, 0.2) is 0 Å². The molecule has 0 aliphatic rings. The van der Waals surface area contributed by atoms with Crippen LogP contribution in [0.3, 0.4) is 0 Å². The normalized spacial score (nSPS) is 12.8. The molecule has 2 nitrogen and oxygen atoms in total. The van der Waals surface area contributed by atoms with E-state index in [2.05, 4.69) is 39.2 Å². The summed E-state index contributed by atoms with van der Waals surface area (Å²) in [5, 5.41) is 3.26. The van der Waals surface area contributed by atoms with Crippen molar-refractivity contribution in [2.45, 2.75) is 25.8 Å². The second kappa shape index (κ2) is 5.35. The van der Waals surface area contributed by atoms with Crippen LogP contribution >= 0.6 is 15.9 Å². The van der Waals surface area contributed by atoms with Crippen molar-refractivity contribution in [2.75, 3.05) is 7.05 Å². The van der Waals surface area contributed by atoms with E-state index in [0.717, 1.165) is 16.7 Å². The summed E-state index contributed by atoms with van der Waals surface area (Å²) in [5.74, 6) is 0. The number of nitrogens with one attached hydrogen (secondary N) is 1. The molecule has 13 heavy (non-hydrogen) atoms. The number of rotatable bonds is 4. The van der Waals surface area contributed by atoms with Crippen molar-refractivity contribution in [1.82, 2.24) is 10.3 Å². The van der Waals surface area contributed by atoms with Crippen LogP contribution < -0.4 is 5.32 Å². The Labute approximate surface area is 87.9 Å². The number of hydrogen-bond donors (Lipinski definition) is 1. The molecule has 0 spiro atoms. The molecule has 1 aromatic rings. The number of aromatic nitrogens is 1. The Hall–Kier alpha value is -0.410. The van der Waals surface area contributed by atoms with Gasteiger partial charge in [0.05, 0.1) is 5.69 Å². The average Bonchev–Trinajstić information content (AvgIpc) is 2.14. The van der Waals surface area contributed by atoms with Crippen LogP contribution in [0.2, 0.25) is 0 Å². The largest absolute Gasteiger partial charge is 0.312 e. The molecular weight excluding hydrogens is 228 g/mol. The second-order valence-electron chi connectivity index (χ2n) is 3.02. The molecule has 0 aliphatic heterocycles. The molecule has 0 unspecified atom stereocenters. The summed E-state index contributed by atoms with van der Waals surface area (Å²) in [4.78, 5) is 4.42. The van der Waals surface area contributed by atoms with Gasteiger partial charge in [-0.05, 0) is 41.5 Å². The molecule has 0 saturated carbocycles. The van der Waals surface area contributed by atoms with E-state index in [1.54, 1.807) is 0 Å². The highest BCUT2D eigenvalue weighted by molar-refractivity contribution is 9.10. The molecule has 1 heterocycles. The van der Waals surface area contributed by atoms with Gasteiger partial charge in [-0.15, -0.1) is 0 Å². The molecule has 0 amide bonds. The highest BCUT2D eigenvalue weighted by Crippen LogP contribution is 2.17. The van der Waals surface area contributed by atoms with Crippen LogP contribution in [0.1, 0.15) is 31.5 Å². The third-order valence-electron chi connectivity index (χ3n) is 2.02. The summed E-state index contributed by atoms with van der Waals surface area (Å²) in [6.07, 6.45) is 2.29. The third-order valence-corrected chi connectivity index (χ3v) is 2.46. The molecule has 0 saturated heterocycles. The van der Waals surface area contributed by atoms with Crippen molar-refractivity contribution in [2.24, 2.45) is 0 Å². The molecule has 0 aliphatic carbocycles. The number of hydrogen-bond acceptors (Lipinski definition) is 2. The Kier molecular flexibility index (Phi) is 4.39. The minimum atomic E-state index is 0.377. The SMILES string of the molecule is CCC[C@H](NC)c1cccc(Br)n1.